The van der Waals surface area contributed by atoms with Gasteiger partial charge in [-0.05, 0) is 61.8 Å². The summed E-state index contributed by atoms with van der Waals surface area (Å²) in [5.41, 5.74) is 3.48. The van der Waals surface area contributed by atoms with Crippen molar-refractivity contribution in [2.75, 3.05) is 23.3 Å². The zero-order chi connectivity index (χ0) is 16.1. The highest BCUT2D eigenvalue weighted by Gasteiger charge is 2.13. The van der Waals surface area contributed by atoms with Crippen LogP contribution in [0.2, 0.25) is 0 Å². The molecule has 1 fully saturated rings. The first kappa shape index (κ1) is 15.7. The second-order valence-electron chi connectivity index (χ2n) is 5.84. The van der Waals surface area contributed by atoms with Crippen LogP contribution in [0.5, 0.6) is 0 Å². The van der Waals surface area contributed by atoms with Gasteiger partial charge in [-0.25, -0.2) is 0 Å². The first-order chi connectivity index (χ1) is 11.2. The lowest BCUT2D eigenvalue weighted by Crippen LogP contribution is -2.30. The van der Waals surface area contributed by atoms with E-state index >= 15 is 0 Å². The molecule has 5 heteroatoms. The standard InChI is InChI=1S/C18H22N4S/c1-14(20-18(23)21-16-8-10-19-11-9-16)15-4-6-17(7-5-15)22-12-2-3-13-22/h4-11,14H,2-3,12-13H2,1H3,(H2,19,20,21,23)/t14-/m0/s1. The largest absolute Gasteiger partial charge is 0.372 e. The van der Waals surface area contributed by atoms with Crippen molar-refractivity contribution >= 4 is 28.7 Å². The minimum Gasteiger partial charge on any atom is -0.372 e. The second kappa shape index (κ2) is 7.42. The molecule has 0 radical (unpaired) electrons. The Hall–Kier alpha value is -2.14. The maximum Gasteiger partial charge on any atom is 0.171 e. The van der Waals surface area contributed by atoms with Crippen molar-refractivity contribution < 1.29 is 0 Å². The van der Waals surface area contributed by atoms with E-state index in [9.17, 15) is 0 Å². The third-order valence-electron chi connectivity index (χ3n) is 4.15. The molecule has 2 aromatic rings. The van der Waals surface area contributed by atoms with Gasteiger partial charge in [-0.1, -0.05) is 12.1 Å². The third-order valence-corrected chi connectivity index (χ3v) is 4.37. The summed E-state index contributed by atoms with van der Waals surface area (Å²) < 4.78 is 0. The van der Waals surface area contributed by atoms with Crippen LogP contribution in [0.4, 0.5) is 11.4 Å². The van der Waals surface area contributed by atoms with Crippen molar-refractivity contribution in [1.82, 2.24) is 10.3 Å². The Bertz CT molecular complexity index is 636. The van der Waals surface area contributed by atoms with Crippen molar-refractivity contribution in [2.24, 2.45) is 0 Å². The monoisotopic (exact) mass is 326 g/mol. The fourth-order valence-electron chi connectivity index (χ4n) is 2.83. The Morgan fingerprint density at radius 1 is 1.09 bits per heavy atom. The van der Waals surface area contributed by atoms with Gasteiger partial charge in [0.15, 0.2) is 5.11 Å². The van der Waals surface area contributed by atoms with E-state index in [1.165, 1.54) is 37.2 Å². The van der Waals surface area contributed by atoms with Gasteiger partial charge >= 0.3 is 0 Å². The van der Waals surface area contributed by atoms with E-state index < -0.39 is 0 Å². The van der Waals surface area contributed by atoms with Gasteiger partial charge in [-0.15, -0.1) is 0 Å². The van der Waals surface area contributed by atoms with Crippen molar-refractivity contribution in [3.63, 3.8) is 0 Å². The highest BCUT2D eigenvalue weighted by molar-refractivity contribution is 7.80. The zero-order valence-electron chi connectivity index (χ0n) is 13.3. The molecule has 1 aromatic heterocycles. The van der Waals surface area contributed by atoms with Crippen LogP contribution in [0.3, 0.4) is 0 Å². The third kappa shape index (κ3) is 4.20. The molecule has 0 bridgehead atoms. The van der Waals surface area contributed by atoms with Gasteiger partial charge in [0.1, 0.15) is 0 Å². The summed E-state index contributed by atoms with van der Waals surface area (Å²) in [4.78, 5) is 6.44. The van der Waals surface area contributed by atoms with E-state index in [0.29, 0.717) is 5.11 Å². The molecule has 1 aliphatic heterocycles. The highest BCUT2D eigenvalue weighted by atomic mass is 32.1. The predicted octanol–water partition coefficient (Wildman–Crippen LogP) is 3.73. The van der Waals surface area contributed by atoms with Crippen LogP contribution < -0.4 is 15.5 Å². The van der Waals surface area contributed by atoms with Crippen LogP contribution in [0.15, 0.2) is 48.8 Å². The molecule has 0 saturated carbocycles. The Labute approximate surface area is 142 Å². The fourth-order valence-corrected chi connectivity index (χ4v) is 3.13. The summed E-state index contributed by atoms with van der Waals surface area (Å²) >= 11 is 5.37. The average Bonchev–Trinajstić information content (AvgIpc) is 3.10. The highest BCUT2D eigenvalue weighted by Crippen LogP contribution is 2.22. The van der Waals surface area contributed by atoms with E-state index in [1.807, 2.05) is 12.1 Å². The molecule has 1 aliphatic rings. The molecule has 23 heavy (non-hydrogen) atoms. The van der Waals surface area contributed by atoms with Crippen LogP contribution in [-0.4, -0.2) is 23.2 Å². The van der Waals surface area contributed by atoms with Gasteiger partial charge in [0.05, 0.1) is 6.04 Å². The van der Waals surface area contributed by atoms with Gasteiger partial charge < -0.3 is 15.5 Å². The van der Waals surface area contributed by atoms with Gasteiger partial charge in [0.25, 0.3) is 0 Å². The van der Waals surface area contributed by atoms with E-state index in [4.69, 9.17) is 12.2 Å². The van der Waals surface area contributed by atoms with Crippen molar-refractivity contribution in [1.29, 1.82) is 0 Å². The minimum atomic E-state index is 0.157. The molecule has 0 amide bonds. The number of nitrogens with one attached hydrogen (secondary N) is 2. The number of anilines is 2. The Balaban J connectivity index is 1.57. The first-order valence-electron chi connectivity index (χ1n) is 8.05. The summed E-state index contributed by atoms with van der Waals surface area (Å²) in [6.07, 6.45) is 6.08. The SMILES string of the molecule is C[C@H](NC(=S)Nc1ccncc1)c1ccc(N2CCCC2)cc1. The first-order valence-corrected chi connectivity index (χ1v) is 8.45. The molecule has 2 N–H and O–H groups in total. The number of thiocarbonyl (C=S) groups is 1. The van der Waals surface area contributed by atoms with Crippen molar-refractivity contribution in [3.8, 4) is 0 Å². The zero-order valence-corrected chi connectivity index (χ0v) is 14.1. The summed E-state index contributed by atoms with van der Waals surface area (Å²) in [7, 11) is 0. The van der Waals surface area contributed by atoms with Crippen LogP contribution in [-0.2, 0) is 0 Å². The van der Waals surface area contributed by atoms with Crippen LogP contribution in [0.1, 0.15) is 31.4 Å². The summed E-state index contributed by atoms with van der Waals surface area (Å²) in [5.74, 6) is 0. The van der Waals surface area contributed by atoms with E-state index in [-0.39, 0.29) is 6.04 Å². The number of nitrogens with zero attached hydrogens (tertiary/aromatic N) is 2. The Morgan fingerprint density at radius 3 is 2.39 bits per heavy atom. The quantitative estimate of drug-likeness (QED) is 0.838. The van der Waals surface area contributed by atoms with Crippen LogP contribution >= 0.6 is 12.2 Å². The molecular formula is C18H22N4S. The van der Waals surface area contributed by atoms with Gasteiger partial charge in [-0.3, -0.25) is 4.98 Å². The molecule has 4 nitrogen and oxygen atoms in total. The molecule has 0 unspecified atom stereocenters. The van der Waals surface area contributed by atoms with Gasteiger partial charge in [0.2, 0.25) is 0 Å². The van der Waals surface area contributed by atoms with Crippen LogP contribution in [0.25, 0.3) is 0 Å². The molecule has 0 spiro atoms. The Kier molecular flexibility index (Phi) is 5.08. The summed E-state index contributed by atoms with van der Waals surface area (Å²) in [5, 5.41) is 7.11. The molecule has 3 rings (SSSR count). The normalized spacial score (nSPS) is 15.3. The van der Waals surface area contributed by atoms with Gasteiger partial charge in [0, 0.05) is 36.9 Å². The molecule has 120 valence electrons. The predicted molar refractivity (Wildman–Crippen MR) is 99.9 cm³/mol. The van der Waals surface area contributed by atoms with E-state index in [2.05, 4.69) is 51.7 Å². The molecule has 2 heterocycles. The topological polar surface area (TPSA) is 40.2 Å². The van der Waals surface area contributed by atoms with Crippen LogP contribution in [0, 0.1) is 0 Å². The number of aromatic nitrogens is 1. The van der Waals surface area contributed by atoms with E-state index in [1.54, 1.807) is 12.4 Å². The molecule has 0 aliphatic carbocycles. The number of rotatable bonds is 4. The lowest BCUT2D eigenvalue weighted by atomic mass is 10.1. The second-order valence-corrected chi connectivity index (χ2v) is 6.25. The Morgan fingerprint density at radius 2 is 1.74 bits per heavy atom. The lowest BCUT2D eigenvalue weighted by Gasteiger charge is -2.20. The van der Waals surface area contributed by atoms with Crippen molar-refractivity contribution in [3.05, 3.63) is 54.4 Å². The summed E-state index contributed by atoms with van der Waals surface area (Å²) in [6.45, 7) is 4.46. The molecular weight excluding hydrogens is 304 g/mol. The van der Waals surface area contributed by atoms with Gasteiger partial charge in [-0.2, -0.15) is 0 Å². The molecule has 1 aromatic carbocycles. The number of hydrogen-bond donors (Lipinski definition) is 2. The molecule has 1 atom stereocenters. The summed E-state index contributed by atoms with van der Waals surface area (Å²) in [6, 6.07) is 12.7. The fraction of sp³-hybridized carbons (Fsp3) is 0.333. The smallest absolute Gasteiger partial charge is 0.171 e. The van der Waals surface area contributed by atoms with Crippen molar-refractivity contribution in [2.45, 2.75) is 25.8 Å². The maximum absolute atomic E-state index is 5.37. The number of hydrogen-bond acceptors (Lipinski definition) is 3. The molecule has 1 saturated heterocycles. The number of benzene rings is 1. The maximum atomic E-state index is 5.37. The van der Waals surface area contributed by atoms with E-state index in [0.717, 1.165) is 5.69 Å². The number of pyridine rings is 1. The minimum absolute atomic E-state index is 0.157. The lowest BCUT2D eigenvalue weighted by molar-refractivity contribution is 0.722. The average molecular weight is 326 g/mol.